The minimum absolute atomic E-state index is 0.0230. The van der Waals surface area contributed by atoms with Crippen LogP contribution in [-0.4, -0.2) is 16.9 Å². The Bertz CT molecular complexity index is 616. The zero-order chi connectivity index (χ0) is 14.5. The number of benzene rings is 1. The van der Waals surface area contributed by atoms with Gasteiger partial charge in [-0.2, -0.15) is 0 Å². The van der Waals surface area contributed by atoms with Gasteiger partial charge in [-0.05, 0) is 37.1 Å². The van der Waals surface area contributed by atoms with Gasteiger partial charge in [0.05, 0.1) is 10.6 Å². The summed E-state index contributed by atoms with van der Waals surface area (Å²) in [6.07, 6.45) is 3.70. The number of carbonyl (C=O) groups excluding carboxylic acids is 1. The summed E-state index contributed by atoms with van der Waals surface area (Å²) in [5, 5.41) is 3.95. The summed E-state index contributed by atoms with van der Waals surface area (Å²) in [7, 11) is 0. The molecule has 3 nitrogen and oxygen atoms in total. The van der Waals surface area contributed by atoms with Gasteiger partial charge < -0.3 is 5.32 Å². The Morgan fingerprint density at radius 3 is 2.85 bits per heavy atom. The molecule has 1 aromatic carbocycles. The van der Waals surface area contributed by atoms with Crippen LogP contribution in [0.2, 0.25) is 10.0 Å². The molecule has 0 radical (unpaired) electrons. The van der Waals surface area contributed by atoms with Crippen molar-refractivity contribution in [1.82, 2.24) is 10.3 Å². The van der Waals surface area contributed by atoms with Crippen LogP contribution in [0.5, 0.6) is 0 Å². The third kappa shape index (κ3) is 3.95. The maximum atomic E-state index is 12.1. The van der Waals surface area contributed by atoms with Crippen LogP contribution in [0, 0.1) is 0 Å². The Hall–Kier alpha value is -1.58. The molecule has 0 aliphatic heterocycles. The second-order valence-corrected chi connectivity index (χ2v) is 5.41. The highest BCUT2D eigenvalue weighted by Gasteiger charge is 2.13. The van der Waals surface area contributed by atoms with Gasteiger partial charge in [-0.25, -0.2) is 0 Å². The van der Waals surface area contributed by atoms with Crippen LogP contribution in [-0.2, 0) is 6.42 Å². The van der Waals surface area contributed by atoms with Crippen LogP contribution in [0.25, 0.3) is 0 Å². The van der Waals surface area contributed by atoms with E-state index in [1.165, 1.54) is 6.20 Å². The first kappa shape index (κ1) is 14.8. The second-order valence-electron chi connectivity index (χ2n) is 4.56. The molecule has 2 rings (SSSR count). The molecule has 0 spiro atoms. The molecule has 0 aliphatic rings. The predicted molar refractivity (Wildman–Crippen MR) is 81.3 cm³/mol. The number of hydrogen-bond donors (Lipinski definition) is 1. The van der Waals surface area contributed by atoms with Gasteiger partial charge in [0.15, 0.2) is 0 Å². The van der Waals surface area contributed by atoms with Gasteiger partial charge in [-0.3, -0.25) is 9.78 Å². The Morgan fingerprint density at radius 1 is 1.35 bits per heavy atom. The highest BCUT2D eigenvalue weighted by atomic mass is 35.5. The summed E-state index contributed by atoms with van der Waals surface area (Å²) in [5.41, 5.74) is 1.51. The first-order valence-electron chi connectivity index (χ1n) is 6.21. The first-order valence-corrected chi connectivity index (χ1v) is 6.96. The van der Waals surface area contributed by atoms with Crippen molar-refractivity contribution < 1.29 is 4.79 Å². The number of amides is 1. The van der Waals surface area contributed by atoms with Gasteiger partial charge in [-0.15, -0.1) is 0 Å². The maximum Gasteiger partial charge on any atom is 0.253 e. The fraction of sp³-hybridized carbons (Fsp3) is 0.200. The van der Waals surface area contributed by atoms with Gasteiger partial charge in [-0.1, -0.05) is 35.3 Å². The van der Waals surface area contributed by atoms with E-state index in [1.54, 1.807) is 12.3 Å². The van der Waals surface area contributed by atoms with Gasteiger partial charge in [0.2, 0.25) is 0 Å². The Labute approximate surface area is 127 Å². The Balaban J connectivity index is 2.00. The summed E-state index contributed by atoms with van der Waals surface area (Å²) in [6, 6.07) is 9.17. The molecule has 0 saturated heterocycles. The lowest BCUT2D eigenvalue weighted by molar-refractivity contribution is 0.0940. The minimum Gasteiger partial charge on any atom is -0.349 e. The number of nitrogens with one attached hydrogen (secondary N) is 1. The van der Waals surface area contributed by atoms with Crippen LogP contribution in [0.15, 0.2) is 42.7 Å². The van der Waals surface area contributed by atoms with E-state index in [-0.39, 0.29) is 11.9 Å². The molecule has 1 aromatic heterocycles. The van der Waals surface area contributed by atoms with Crippen LogP contribution in [0.3, 0.4) is 0 Å². The molecule has 1 unspecified atom stereocenters. The Morgan fingerprint density at radius 2 is 2.15 bits per heavy atom. The third-order valence-electron chi connectivity index (χ3n) is 2.83. The molecule has 0 fully saturated rings. The molecule has 0 bridgehead atoms. The second kappa shape index (κ2) is 6.73. The van der Waals surface area contributed by atoms with Crippen LogP contribution >= 0.6 is 23.2 Å². The molecule has 2 aromatic rings. The molecule has 5 heteroatoms. The summed E-state index contributed by atoms with van der Waals surface area (Å²) in [6.45, 7) is 1.94. The lowest BCUT2D eigenvalue weighted by Crippen LogP contribution is -2.34. The molecule has 0 saturated carbocycles. The van der Waals surface area contributed by atoms with Crippen molar-refractivity contribution in [3.8, 4) is 0 Å². The highest BCUT2D eigenvalue weighted by molar-refractivity contribution is 6.33. The average molecular weight is 309 g/mol. The zero-order valence-electron chi connectivity index (χ0n) is 10.9. The molecule has 1 heterocycles. The van der Waals surface area contributed by atoms with Crippen molar-refractivity contribution in [3.63, 3.8) is 0 Å². The SMILES string of the molecule is CC(Cc1cccc(Cl)c1)NC(=O)c1ccncc1Cl. The zero-order valence-corrected chi connectivity index (χ0v) is 12.4. The number of carbonyl (C=O) groups is 1. The topological polar surface area (TPSA) is 42.0 Å². The monoisotopic (exact) mass is 308 g/mol. The maximum absolute atomic E-state index is 12.1. The van der Waals surface area contributed by atoms with Crippen molar-refractivity contribution in [3.05, 3.63) is 63.9 Å². The molecule has 1 amide bonds. The van der Waals surface area contributed by atoms with Crippen molar-refractivity contribution in [2.45, 2.75) is 19.4 Å². The predicted octanol–water partition coefficient (Wildman–Crippen LogP) is 3.75. The van der Waals surface area contributed by atoms with Gasteiger partial charge in [0.25, 0.3) is 5.91 Å². The van der Waals surface area contributed by atoms with E-state index in [1.807, 2.05) is 31.2 Å². The summed E-state index contributed by atoms with van der Waals surface area (Å²) >= 11 is 11.9. The van der Waals surface area contributed by atoms with E-state index < -0.39 is 0 Å². The molecular formula is C15H14Cl2N2O. The average Bonchev–Trinajstić information content (AvgIpc) is 2.38. The molecule has 20 heavy (non-hydrogen) atoms. The molecule has 1 N–H and O–H groups in total. The van der Waals surface area contributed by atoms with Gasteiger partial charge in [0, 0.05) is 23.5 Å². The van der Waals surface area contributed by atoms with E-state index in [9.17, 15) is 4.79 Å². The largest absolute Gasteiger partial charge is 0.349 e. The molecular weight excluding hydrogens is 295 g/mol. The third-order valence-corrected chi connectivity index (χ3v) is 3.36. The fourth-order valence-electron chi connectivity index (χ4n) is 1.93. The van der Waals surface area contributed by atoms with Crippen molar-refractivity contribution in [1.29, 1.82) is 0 Å². The quantitative estimate of drug-likeness (QED) is 0.934. The summed E-state index contributed by atoms with van der Waals surface area (Å²) in [5.74, 6) is -0.202. The van der Waals surface area contributed by atoms with Crippen LogP contribution in [0.1, 0.15) is 22.8 Å². The number of pyridine rings is 1. The fourth-order valence-corrected chi connectivity index (χ4v) is 2.35. The van der Waals surface area contributed by atoms with E-state index in [2.05, 4.69) is 10.3 Å². The van der Waals surface area contributed by atoms with E-state index in [4.69, 9.17) is 23.2 Å². The smallest absolute Gasteiger partial charge is 0.253 e. The summed E-state index contributed by atoms with van der Waals surface area (Å²) < 4.78 is 0. The van der Waals surface area contributed by atoms with Gasteiger partial charge in [0.1, 0.15) is 0 Å². The molecule has 1 atom stereocenters. The normalized spacial score (nSPS) is 11.9. The number of rotatable bonds is 4. The van der Waals surface area contributed by atoms with Crippen LogP contribution < -0.4 is 5.32 Å². The number of nitrogens with zero attached hydrogens (tertiary/aromatic N) is 1. The highest BCUT2D eigenvalue weighted by Crippen LogP contribution is 2.15. The van der Waals surface area contributed by atoms with Crippen molar-refractivity contribution in [2.24, 2.45) is 0 Å². The van der Waals surface area contributed by atoms with E-state index >= 15 is 0 Å². The van der Waals surface area contributed by atoms with Gasteiger partial charge >= 0.3 is 0 Å². The lowest BCUT2D eigenvalue weighted by Gasteiger charge is -2.14. The number of hydrogen-bond acceptors (Lipinski definition) is 2. The standard InChI is InChI=1S/C15H14Cl2N2O/c1-10(7-11-3-2-4-12(16)8-11)19-15(20)13-5-6-18-9-14(13)17/h2-6,8-10H,7H2,1H3,(H,19,20). The number of halogens is 2. The van der Waals surface area contributed by atoms with Crippen molar-refractivity contribution in [2.75, 3.05) is 0 Å². The minimum atomic E-state index is -0.202. The molecule has 0 aliphatic carbocycles. The van der Waals surface area contributed by atoms with Crippen molar-refractivity contribution >= 4 is 29.1 Å². The van der Waals surface area contributed by atoms with Crippen LogP contribution in [0.4, 0.5) is 0 Å². The van der Waals surface area contributed by atoms with E-state index in [0.29, 0.717) is 22.0 Å². The van der Waals surface area contributed by atoms with E-state index in [0.717, 1.165) is 5.56 Å². The molecule has 104 valence electrons. The Kier molecular flexibility index (Phi) is 4.99. The number of aromatic nitrogens is 1. The first-order chi connectivity index (χ1) is 9.56. The lowest BCUT2D eigenvalue weighted by atomic mass is 10.1. The summed E-state index contributed by atoms with van der Waals surface area (Å²) in [4.78, 5) is 15.9.